The highest BCUT2D eigenvalue weighted by Crippen LogP contribution is 2.28. The summed E-state index contributed by atoms with van der Waals surface area (Å²) >= 11 is 0. The molecule has 0 spiro atoms. The summed E-state index contributed by atoms with van der Waals surface area (Å²) in [6, 6.07) is 13.7. The summed E-state index contributed by atoms with van der Waals surface area (Å²) in [7, 11) is 0. The molecule has 2 heterocycles. The van der Waals surface area contributed by atoms with Crippen molar-refractivity contribution >= 4 is 22.5 Å². The van der Waals surface area contributed by atoms with Gasteiger partial charge in [-0.15, -0.1) is 0 Å². The van der Waals surface area contributed by atoms with E-state index in [0.29, 0.717) is 29.3 Å². The van der Waals surface area contributed by atoms with Gasteiger partial charge in [0.25, 0.3) is 5.91 Å². The molecular formula is C24H26N2O3. The number of amides is 1. The van der Waals surface area contributed by atoms with Crippen LogP contribution in [0, 0.1) is 20.8 Å². The van der Waals surface area contributed by atoms with E-state index in [9.17, 15) is 4.79 Å². The quantitative estimate of drug-likeness (QED) is 0.668. The van der Waals surface area contributed by atoms with Gasteiger partial charge in [-0.25, -0.2) is 0 Å². The number of anilines is 1. The van der Waals surface area contributed by atoms with E-state index in [1.807, 2.05) is 63.2 Å². The Morgan fingerprint density at radius 1 is 1.14 bits per heavy atom. The molecule has 2 aromatic carbocycles. The topological polar surface area (TPSA) is 60.5 Å². The summed E-state index contributed by atoms with van der Waals surface area (Å²) in [5.74, 6) is 0.471. The Hall–Kier alpha value is -2.92. The lowest BCUT2D eigenvalue weighted by molar-refractivity contribution is 0.0681. The maximum Gasteiger partial charge on any atom is 0.257 e. The fraction of sp³-hybridized carbons (Fsp3) is 0.333. The summed E-state index contributed by atoms with van der Waals surface area (Å²) in [6.07, 6.45) is 2.20. The molecule has 1 fully saturated rings. The average Bonchev–Trinajstić information content (AvgIpc) is 3.21. The number of pyridine rings is 1. The summed E-state index contributed by atoms with van der Waals surface area (Å²) < 4.78 is 11.6. The second-order valence-electron chi connectivity index (χ2n) is 7.72. The first kappa shape index (κ1) is 19.4. The van der Waals surface area contributed by atoms with Gasteiger partial charge in [0.2, 0.25) is 0 Å². The maximum atomic E-state index is 13.0. The first-order valence-corrected chi connectivity index (χ1v) is 10.0. The maximum absolute atomic E-state index is 13.0. The van der Waals surface area contributed by atoms with E-state index in [1.54, 1.807) is 0 Å². The van der Waals surface area contributed by atoms with Crippen LogP contribution in [-0.4, -0.2) is 30.2 Å². The van der Waals surface area contributed by atoms with Crippen molar-refractivity contribution in [3.05, 3.63) is 64.8 Å². The van der Waals surface area contributed by atoms with Crippen LogP contribution < -0.4 is 10.1 Å². The second kappa shape index (κ2) is 8.21. The minimum atomic E-state index is -0.191. The Bertz CT molecular complexity index is 1060. The molecule has 0 radical (unpaired) electrons. The van der Waals surface area contributed by atoms with E-state index < -0.39 is 0 Å². The minimum absolute atomic E-state index is 0.120. The van der Waals surface area contributed by atoms with Crippen molar-refractivity contribution in [3.63, 3.8) is 0 Å². The van der Waals surface area contributed by atoms with Gasteiger partial charge in [0.15, 0.2) is 0 Å². The summed E-state index contributed by atoms with van der Waals surface area (Å²) in [5, 5.41) is 3.95. The van der Waals surface area contributed by atoms with Gasteiger partial charge in [-0.2, -0.15) is 0 Å². The number of aromatic nitrogens is 1. The Kier molecular flexibility index (Phi) is 5.49. The van der Waals surface area contributed by atoms with Gasteiger partial charge >= 0.3 is 0 Å². The number of hydrogen-bond acceptors (Lipinski definition) is 4. The highest BCUT2D eigenvalue weighted by molar-refractivity contribution is 6.07. The van der Waals surface area contributed by atoms with Gasteiger partial charge in [-0.1, -0.05) is 18.2 Å². The Balaban J connectivity index is 1.57. The summed E-state index contributed by atoms with van der Waals surface area (Å²) in [6.45, 7) is 7.18. The highest BCUT2D eigenvalue weighted by atomic mass is 16.5. The molecular weight excluding hydrogens is 364 g/mol. The number of carbonyl (C=O) groups excluding carboxylic acids is 1. The third-order valence-corrected chi connectivity index (χ3v) is 5.24. The molecule has 1 saturated heterocycles. The van der Waals surface area contributed by atoms with E-state index in [4.69, 9.17) is 9.47 Å². The Labute approximate surface area is 171 Å². The number of aryl methyl sites for hydroxylation is 3. The number of benzene rings is 2. The smallest absolute Gasteiger partial charge is 0.257 e. The number of ether oxygens (including phenoxy) is 2. The van der Waals surface area contributed by atoms with Gasteiger partial charge in [0, 0.05) is 12.0 Å². The zero-order chi connectivity index (χ0) is 20.4. The van der Waals surface area contributed by atoms with Crippen LogP contribution >= 0.6 is 0 Å². The van der Waals surface area contributed by atoms with Crippen molar-refractivity contribution in [2.45, 2.75) is 39.7 Å². The fourth-order valence-corrected chi connectivity index (χ4v) is 3.60. The van der Waals surface area contributed by atoms with E-state index in [0.717, 1.165) is 41.5 Å². The van der Waals surface area contributed by atoms with Crippen LogP contribution in [0.25, 0.3) is 10.9 Å². The molecule has 29 heavy (non-hydrogen) atoms. The monoisotopic (exact) mass is 390 g/mol. The molecule has 5 heteroatoms. The molecule has 1 N–H and O–H groups in total. The number of hydrogen-bond donors (Lipinski definition) is 1. The van der Waals surface area contributed by atoms with Crippen molar-refractivity contribution < 1.29 is 14.3 Å². The van der Waals surface area contributed by atoms with Crippen LogP contribution in [0.1, 0.15) is 40.0 Å². The van der Waals surface area contributed by atoms with Gasteiger partial charge in [0.05, 0.1) is 28.6 Å². The molecule has 150 valence electrons. The van der Waals surface area contributed by atoms with Gasteiger partial charge in [0.1, 0.15) is 12.4 Å². The predicted octanol–water partition coefficient (Wildman–Crippen LogP) is 4.97. The Morgan fingerprint density at radius 3 is 2.72 bits per heavy atom. The molecule has 3 aromatic rings. The molecule has 1 amide bonds. The van der Waals surface area contributed by atoms with Gasteiger partial charge < -0.3 is 14.8 Å². The Morgan fingerprint density at radius 2 is 1.93 bits per heavy atom. The first-order chi connectivity index (χ1) is 14.0. The third-order valence-electron chi connectivity index (χ3n) is 5.24. The van der Waals surface area contributed by atoms with Crippen LogP contribution in [0.3, 0.4) is 0 Å². The molecule has 1 atom stereocenters. The highest BCUT2D eigenvalue weighted by Gasteiger charge is 2.18. The summed E-state index contributed by atoms with van der Waals surface area (Å²) in [4.78, 5) is 17.6. The van der Waals surface area contributed by atoms with Crippen molar-refractivity contribution in [2.75, 3.05) is 18.5 Å². The molecule has 1 aliphatic rings. The minimum Gasteiger partial charge on any atom is -0.489 e. The zero-order valence-corrected chi connectivity index (χ0v) is 17.1. The molecule has 0 unspecified atom stereocenters. The van der Waals surface area contributed by atoms with Crippen LogP contribution in [0.2, 0.25) is 0 Å². The summed E-state index contributed by atoms with van der Waals surface area (Å²) in [5.41, 5.74) is 5.04. The number of nitrogens with one attached hydrogen (secondary N) is 1. The lowest BCUT2D eigenvalue weighted by Crippen LogP contribution is -2.18. The largest absolute Gasteiger partial charge is 0.489 e. The number of rotatable bonds is 5. The molecule has 0 saturated carbocycles. The standard InChI is InChI=1S/C24H26N2O3/c1-15-6-8-18-13-20(17(3)25-22(18)11-15)24(27)26-21-9-7-16(2)12-23(21)29-14-19-5-4-10-28-19/h6-9,11-13,19H,4-5,10,14H2,1-3H3,(H,26,27)/t19-/m1/s1. The van der Waals surface area contributed by atoms with Gasteiger partial charge in [-0.05, 0) is 69.0 Å². The number of fused-ring (bicyclic) bond motifs is 1. The van der Waals surface area contributed by atoms with Crippen molar-refractivity contribution in [1.82, 2.24) is 4.98 Å². The second-order valence-corrected chi connectivity index (χ2v) is 7.72. The fourth-order valence-electron chi connectivity index (χ4n) is 3.60. The molecule has 1 aromatic heterocycles. The van der Waals surface area contributed by atoms with Crippen LogP contribution in [0.15, 0.2) is 42.5 Å². The van der Waals surface area contributed by atoms with E-state index >= 15 is 0 Å². The van der Waals surface area contributed by atoms with Crippen molar-refractivity contribution in [1.29, 1.82) is 0 Å². The zero-order valence-electron chi connectivity index (χ0n) is 17.1. The van der Waals surface area contributed by atoms with Gasteiger partial charge in [-0.3, -0.25) is 9.78 Å². The molecule has 5 nitrogen and oxygen atoms in total. The van der Waals surface area contributed by atoms with Crippen LogP contribution in [0.5, 0.6) is 5.75 Å². The average molecular weight is 390 g/mol. The van der Waals surface area contributed by atoms with Crippen LogP contribution in [0.4, 0.5) is 5.69 Å². The normalized spacial score (nSPS) is 16.2. The molecule has 1 aliphatic heterocycles. The SMILES string of the molecule is Cc1ccc(NC(=O)c2cc3ccc(C)cc3nc2C)c(OC[C@H]2CCCO2)c1. The van der Waals surface area contributed by atoms with E-state index in [1.165, 1.54) is 0 Å². The lowest BCUT2D eigenvalue weighted by Gasteiger charge is -2.16. The van der Waals surface area contributed by atoms with E-state index in [-0.39, 0.29) is 12.0 Å². The molecule has 4 rings (SSSR count). The van der Waals surface area contributed by atoms with Crippen molar-refractivity contribution in [3.8, 4) is 5.75 Å². The van der Waals surface area contributed by atoms with Crippen molar-refractivity contribution in [2.24, 2.45) is 0 Å². The predicted molar refractivity (Wildman–Crippen MR) is 115 cm³/mol. The number of nitrogens with zero attached hydrogens (tertiary/aromatic N) is 1. The van der Waals surface area contributed by atoms with Crippen LogP contribution in [-0.2, 0) is 4.74 Å². The molecule has 0 bridgehead atoms. The third kappa shape index (κ3) is 4.40. The van der Waals surface area contributed by atoms with E-state index in [2.05, 4.69) is 10.3 Å². The molecule has 0 aliphatic carbocycles. The number of carbonyl (C=O) groups is 1. The lowest BCUT2D eigenvalue weighted by atomic mass is 10.1. The first-order valence-electron chi connectivity index (χ1n) is 10.0.